The number of sulfonamides is 1. The maximum absolute atomic E-state index is 12.3. The molecule has 0 spiro atoms. The number of piperidine rings is 1. The molecule has 2 fully saturated rings. The topological polar surface area (TPSA) is 91.4 Å². The minimum atomic E-state index is -3.46. The van der Waals surface area contributed by atoms with Crippen molar-refractivity contribution in [2.75, 3.05) is 18.0 Å². The van der Waals surface area contributed by atoms with Gasteiger partial charge in [0.15, 0.2) is 0 Å². The Morgan fingerprint density at radius 1 is 1.10 bits per heavy atom. The number of carbonyl (C=O) groups is 1. The first-order valence-electron chi connectivity index (χ1n) is 10.8. The van der Waals surface area contributed by atoms with Crippen LogP contribution in [0.4, 0.5) is 5.82 Å². The standard InChI is InChI=1S/C23H28N4O3S/c28-22(25-17-19-5-4-14-24-23(19)27-15-2-1-3-16-27)13-8-18-6-11-21(12-7-18)31(29,30)26-20-9-10-20/h4-8,11-14,20,26H,1-3,9-10,15-17H2,(H,25,28)/b13-8+. The lowest BCUT2D eigenvalue weighted by Crippen LogP contribution is -2.32. The Hall–Kier alpha value is -2.71. The number of aromatic nitrogens is 1. The summed E-state index contributed by atoms with van der Waals surface area (Å²) in [5.41, 5.74) is 1.76. The zero-order chi connectivity index (χ0) is 21.7. The molecule has 1 aliphatic heterocycles. The molecule has 2 N–H and O–H groups in total. The highest BCUT2D eigenvalue weighted by Crippen LogP contribution is 2.23. The molecule has 4 rings (SSSR count). The molecule has 31 heavy (non-hydrogen) atoms. The summed E-state index contributed by atoms with van der Waals surface area (Å²) in [6.07, 6.45) is 10.3. The van der Waals surface area contributed by atoms with Crippen LogP contribution in [0.25, 0.3) is 6.08 Å². The van der Waals surface area contributed by atoms with Gasteiger partial charge in [-0.05, 0) is 61.9 Å². The summed E-state index contributed by atoms with van der Waals surface area (Å²) in [5, 5.41) is 2.91. The van der Waals surface area contributed by atoms with Crippen molar-refractivity contribution < 1.29 is 13.2 Å². The van der Waals surface area contributed by atoms with E-state index in [0.29, 0.717) is 6.54 Å². The van der Waals surface area contributed by atoms with E-state index in [-0.39, 0.29) is 16.8 Å². The third-order valence-electron chi connectivity index (χ3n) is 5.49. The first-order chi connectivity index (χ1) is 15.0. The van der Waals surface area contributed by atoms with E-state index in [1.165, 1.54) is 25.3 Å². The van der Waals surface area contributed by atoms with Crippen molar-refractivity contribution >= 4 is 27.8 Å². The largest absolute Gasteiger partial charge is 0.356 e. The van der Waals surface area contributed by atoms with Gasteiger partial charge in [-0.15, -0.1) is 0 Å². The second-order valence-electron chi connectivity index (χ2n) is 8.05. The minimum Gasteiger partial charge on any atom is -0.356 e. The van der Waals surface area contributed by atoms with Gasteiger partial charge in [-0.1, -0.05) is 18.2 Å². The number of nitrogens with one attached hydrogen (secondary N) is 2. The van der Waals surface area contributed by atoms with E-state index >= 15 is 0 Å². The molecule has 1 aliphatic carbocycles. The molecule has 2 heterocycles. The molecule has 1 amide bonds. The number of carbonyl (C=O) groups excluding carboxylic acids is 1. The van der Waals surface area contributed by atoms with Gasteiger partial charge in [0.1, 0.15) is 5.82 Å². The highest BCUT2D eigenvalue weighted by Gasteiger charge is 2.27. The summed E-state index contributed by atoms with van der Waals surface area (Å²) in [6, 6.07) is 10.5. The van der Waals surface area contributed by atoms with Gasteiger partial charge in [0.2, 0.25) is 15.9 Å². The predicted molar refractivity (Wildman–Crippen MR) is 121 cm³/mol. The summed E-state index contributed by atoms with van der Waals surface area (Å²) >= 11 is 0. The van der Waals surface area contributed by atoms with Gasteiger partial charge >= 0.3 is 0 Å². The Labute approximate surface area is 183 Å². The summed E-state index contributed by atoms with van der Waals surface area (Å²) in [4.78, 5) is 19.3. The first-order valence-corrected chi connectivity index (χ1v) is 12.3. The number of amides is 1. The SMILES string of the molecule is O=C(/C=C/c1ccc(S(=O)(=O)NC2CC2)cc1)NCc1cccnc1N1CCCCC1. The van der Waals surface area contributed by atoms with Crippen molar-refractivity contribution in [1.29, 1.82) is 0 Å². The van der Waals surface area contributed by atoms with Crippen molar-refractivity contribution in [3.05, 3.63) is 59.8 Å². The van der Waals surface area contributed by atoms with Crippen LogP contribution in [-0.2, 0) is 21.4 Å². The van der Waals surface area contributed by atoms with Crippen LogP contribution in [0, 0.1) is 0 Å². The van der Waals surface area contributed by atoms with Gasteiger partial charge < -0.3 is 10.2 Å². The zero-order valence-electron chi connectivity index (χ0n) is 17.5. The third-order valence-corrected chi connectivity index (χ3v) is 7.03. The molecule has 1 saturated carbocycles. The molecule has 1 aromatic carbocycles. The summed E-state index contributed by atoms with van der Waals surface area (Å²) < 4.78 is 27.1. The highest BCUT2D eigenvalue weighted by molar-refractivity contribution is 7.89. The number of nitrogens with zero attached hydrogens (tertiary/aromatic N) is 2. The molecule has 0 unspecified atom stereocenters. The lowest BCUT2D eigenvalue weighted by molar-refractivity contribution is -0.116. The van der Waals surface area contributed by atoms with Crippen LogP contribution in [0.5, 0.6) is 0 Å². The van der Waals surface area contributed by atoms with Crippen molar-refractivity contribution in [1.82, 2.24) is 15.0 Å². The van der Waals surface area contributed by atoms with E-state index in [0.717, 1.165) is 42.9 Å². The van der Waals surface area contributed by atoms with Crippen LogP contribution in [0.2, 0.25) is 0 Å². The Bertz CT molecular complexity index is 1040. The monoisotopic (exact) mass is 440 g/mol. The Morgan fingerprint density at radius 3 is 2.55 bits per heavy atom. The third kappa shape index (κ3) is 5.92. The highest BCUT2D eigenvalue weighted by atomic mass is 32.2. The molecule has 0 bridgehead atoms. The van der Waals surface area contributed by atoms with Gasteiger partial charge in [0, 0.05) is 43.5 Å². The number of hydrogen-bond acceptors (Lipinski definition) is 5. The number of hydrogen-bond donors (Lipinski definition) is 2. The van der Waals surface area contributed by atoms with Crippen LogP contribution in [0.3, 0.4) is 0 Å². The van der Waals surface area contributed by atoms with E-state index in [2.05, 4.69) is 19.9 Å². The first kappa shape index (κ1) is 21.5. The fraction of sp³-hybridized carbons (Fsp3) is 0.391. The Kier molecular flexibility index (Phi) is 6.67. The second-order valence-corrected chi connectivity index (χ2v) is 9.76. The van der Waals surface area contributed by atoms with Crippen molar-refractivity contribution in [3.8, 4) is 0 Å². The van der Waals surface area contributed by atoms with Crippen LogP contribution in [0.15, 0.2) is 53.6 Å². The normalized spacial score (nSPS) is 17.1. The molecule has 0 atom stereocenters. The van der Waals surface area contributed by atoms with E-state index in [1.54, 1.807) is 36.5 Å². The Morgan fingerprint density at radius 2 is 1.84 bits per heavy atom. The molecule has 8 heteroatoms. The van der Waals surface area contributed by atoms with Gasteiger partial charge in [0.25, 0.3) is 0 Å². The minimum absolute atomic E-state index is 0.0727. The molecule has 2 aliphatic rings. The number of rotatable bonds is 8. The van der Waals surface area contributed by atoms with E-state index in [4.69, 9.17) is 0 Å². The zero-order valence-corrected chi connectivity index (χ0v) is 18.3. The van der Waals surface area contributed by atoms with Crippen molar-refractivity contribution in [2.45, 2.75) is 49.6 Å². The Balaban J connectivity index is 1.33. The van der Waals surface area contributed by atoms with E-state index < -0.39 is 10.0 Å². The fourth-order valence-electron chi connectivity index (χ4n) is 3.62. The van der Waals surface area contributed by atoms with Crippen LogP contribution in [-0.4, -0.2) is 38.4 Å². The van der Waals surface area contributed by atoms with Gasteiger partial charge in [-0.25, -0.2) is 18.1 Å². The lowest BCUT2D eigenvalue weighted by Gasteiger charge is -2.29. The number of anilines is 1. The molecule has 7 nitrogen and oxygen atoms in total. The lowest BCUT2D eigenvalue weighted by atomic mass is 10.1. The molecule has 164 valence electrons. The van der Waals surface area contributed by atoms with E-state index in [1.807, 2.05) is 12.1 Å². The number of benzene rings is 1. The molecular weight excluding hydrogens is 412 g/mol. The van der Waals surface area contributed by atoms with E-state index in [9.17, 15) is 13.2 Å². The molecule has 1 saturated heterocycles. The smallest absolute Gasteiger partial charge is 0.244 e. The van der Waals surface area contributed by atoms with Crippen molar-refractivity contribution in [2.24, 2.45) is 0 Å². The van der Waals surface area contributed by atoms with Gasteiger partial charge in [0.05, 0.1) is 4.90 Å². The predicted octanol–water partition coefficient (Wildman–Crippen LogP) is 2.84. The number of pyridine rings is 1. The van der Waals surface area contributed by atoms with Gasteiger partial charge in [-0.2, -0.15) is 0 Å². The van der Waals surface area contributed by atoms with Crippen LogP contribution in [0.1, 0.15) is 43.2 Å². The van der Waals surface area contributed by atoms with Crippen molar-refractivity contribution in [3.63, 3.8) is 0 Å². The molecule has 1 aromatic heterocycles. The fourth-order valence-corrected chi connectivity index (χ4v) is 4.92. The van der Waals surface area contributed by atoms with Crippen LogP contribution < -0.4 is 14.9 Å². The maximum atomic E-state index is 12.3. The molecule has 0 radical (unpaired) electrons. The molecule has 2 aromatic rings. The van der Waals surface area contributed by atoms with Crippen LogP contribution >= 0.6 is 0 Å². The summed E-state index contributed by atoms with van der Waals surface area (Å²) in [5.74, 6) is 0.739. The quantitative estimate of drug-likeness (QED) is 0.616. The molecular formula is C23H28N4O3S. The average molecular weight is 441 g/mol. The van der Waals surface area contributed by atoms with Gasteiger partial charge in [-0.3, -0.25) is 4.79 Å². The summed E-state index contributed by atoms with van der Waals surface area (Å²) in [7, 11) is -3.46. The average Bonchev–Trinajstić information content (AvgIpc) is 3.60. The maximum Gasteiger partial charge on any atom is 0.244 e. The summed E-state index contributed by atoms with van der Waals surface area (Å²) in [6.45, 7) is 2.41. The second kappa shape index (κ2) is 9.62.